The minimum Gasteiger partial charge on any atom is -0.493 e. The molecule has 1 aromatic heterocycles. The number of imide groups is 1. The fourth-order valence-electron chi connectivity index (χ4n) is 4.42. The van der Waals surface area contributed by atoms with Crippen LogP contribution in [0.3, 0.4) is 0 Å². The summed E-state index contributed by atoms with van der Waals surface area (Å²) in [6.07, 6.45) is 3.10. The van der Waals surface area contributed by atoms with Gasteiger partial charge in [0.2, 0.25) is 0 Å². The highest BCUT2D eigenvalue weighted by atomic mass is 19.3. The van der Waals surface area contributed by atoms with E-state index in [1.807, 2.05) is 36.4 Å². The van der Waals surface area contributed by atoms with E-state index in [9.17, 15) is 18.4 Å². The second-order valence-corrected chi connectivity index (χ2v) is 9.10. The normalized spacial score (nSPS) is 16.9. The molecule has 0 radical (unpaired) electrons. The molecular formula is C29H25F2N5O5. The van der Waals surface area contributed by atoms with Crippen molar-refractivity contribution in [2.75, 3.05) is 14.2 Å². The SMILES string of the molecule is COc1ccc(-c2nn(-c3ccccc3)cc2/C=N\N2C(=O)N[C@@](C)(c3ccc(OC(F)F)cc3)C2=O)cc1OC. The first-order valence-corrected chi connectivity index (χ1v) is 12.4. The van der Waals surface area contributed by atoms with E-state index in [0.29, 0.717) is 33.9 Å². The molecule has 1 fully saturated rings. The Morgan fingerprint density at radius 1 is 0.976 bits per heavy atom. The molecule has 41 heavy (non-hydrogen) atoms. The standard InChI is InChI=1S/C29H25F2N5O5/c1-29(20-10-12-22(13-11-20)41-27(30)31)26(37)36(28(38)33-29)32-16-19-17-35(21-7-5-4-6-8-21)34-25(19)18-9-14-23(39-2)24(15-18)40-3/h4-17,27H,1-3H3,(H,33,38)/b32-16-/t29-/m0/s1. The van der Waals surface area contributed by atoms with E-state index in [2.05, 4.69) is 15.2 Å². The summed E-state index contributed by atoms with van der Waals surface area (Å²) in [7, 11) is 3.07. The first-order valence-electron chi connectivity index (χ1n) is 12.4. The number of hydrogen-bond acceptors (Lipinski definition) is 7. The Bertz CT molecular complexity index is 1610. The van der Waals surface area contributed by atoms with Crippen LogP contribution in [-0.4, -0.2) is 53.8 Å². The summed E-state index contributed by atoms with van der Waals surface area (Å²) in [5.74, 6) is 0.319. The van der Waals surface area contributed by atoms with E-state index in [0.717, 1.165) is 10.7 Å². The Hall–Kier alpha value is -5.26. The Morgan fingerprint density at radius 3 is 2.34 bits per heavy atom. The highest BCUT2D eigenvalue weighted by Crippen LogP contribution is 2.34. The lowest BCUT2D eigenvalue weighted by Crippen LogP contribution is -2.40. The zero-order valence-corrected chi connectivity index (χ0v) is 22.2. The molecule has 0 spiro atoms. The number of alkyl halides is 2. The zero-order chi connectivity index (χ0) is 29.1. The second-order valence-electron chi connectivity index (χ2n) is 9.10. The summed E-state index contributed by atoms with van der Waals surface area (Å²) in [5.41, 5.74) is 1.41. The number of ether oxygens (including phenoxy) is 3. The van der Waals surface area contributed by atoms with Gasteiger partial charge in [0.15, 0.2) is 11.5 Å². The lowest BCUT2D eigenvalue weighted by atomic mass is 9.92. The number of hydrogen-bond donors (Lipinski definition) is 1. The third-order valence-electron chi connectivity index (χ3n) is 6.56. The number of amides is 3. The first-order chi connectivity index (χ1) is 19.7. The summed E-state index contributed by atoms with van der Waals surface area (Å²) in [4.78, 5) is 26.2. The van der Waals surface area contributed by atoms with Gasteiger partial charge in [-0.2, -0.15) is 19.0 Å². The van der Waals surface area contributed by atoms with Crippen LogP contribution in [0.15, 0.2) is 84.1 Å². The highest BCUT2D eigenvalue weighted by Gasteiger charge is 2.49. The molecule has 3 aromatic carbocycles. The monoisotopic (exact) mass is 561 g/mol. The number of nitrogens with zero attached hydrogens (tertiary/aromatic N) is 4. The van der Waals surface area contributed by atoms with Gasteiger partial charge in [0.1, 0.15) is 17.0 Å². The number of halogens is 2. The van der Waals surface area contributed by atoms with E-state index >= 15 is 0 Å². The van der Waals surface area contributed by atoms with Crippen LogP contribution in [0.2, 0.25) is 0 Å². The van der Waals surface area contributed by atoms with Crippen molar-refractivity contribution in [3.63, 3.8) is 0 Å². The van der Waals surface area contributed by atoms with Gasteiger partial charge in [-0.25, -0.2) is 9.48 Å². The molecule has 1 atom stereocenters. The van der Waals surface area contributed by atoms with E-state index in [1.54, 1.807) is 23.0 Å². The van der Waals surface area contributed by atoms with E-state index in [4.69, 9.17) is 14.6 Å². The van der Waals surface area contributed by atoms with Gasteiger partial charge in [0, 0.05) is 17.3 Å². The van der Waals surface area contributed by atoms with Crippen LogP contribution in [0.1, 0.15) is 18.1 Å². The smallest absolute Gasteiger partial charge is 0.387 e. The summed E-state index contributed by atoms with van der Waals surface area (Å²) in [5, 5.41) is 12.3. The lowest BCUT2D eigenvalue weighted by molar-refractivity contribution is -0.131. The summed E-state index contributed by atoms with van der Waals surface area (Å²) >= 11 is 0. The van der Waals surface area contributed by atoms with E-state index in [1.165, 1.54) is 51.6 Å². The van der Waals surface area contributed by atoms with Crippen LogP contribution >= 0.6 is 0 Å². The number of carbonyl (C=O) groups is 2. The zero-order valence-electron chi connectivity index (χ0n) is 22.2. The Balaban J connectivity index is 1.48. The maximum absolute atomic E-state index is 13.4. The van der Waals surface area contributed by atoms with Gasteiger partial charge in [-0.1, -0.05) is 30.3 Å². The molecular weight excluding hydrogens is 536 g/mol. The molecule has 1 saturated heterocycles. The largest absolute Gasteiger partial charge is 0.493 e. The van der Waals surface area contributed by atoms with Crippen LogP contribution in [-0.2, 0) is 10.3 Å². The van der Waals surface area contributed by atoms with Crippen molar-refractivity contribution in [2.24, 2.45) is 5.10 Å². The van der Waals surface area contributed by atoms with Crippen molar-refractivity contribution in [3.05, 3.63) is 90.1 Å². The van der Waals surface area contributed by atoms with Crippen molar-refractivity contribution < 1.29 is 32.6 Å². The average molecular weight is 562 g/mol. The molecule has 0 unspecified atom stereocenters. The maximum atomic E-state index is 13.4. The number of aromatic nitrogens is 2. The molecule has 1 aliphatic heterocycles. The van der Waals surface area contributed by atoms with Gasteiger partial charge >= 0.3 is 12.6 Å². The Labute approximate surface area is 233 Å². The summed E-state index contributed by atoms with van der Waals surface area (Å²) in [6.45, 7) is -1.47. The quantitative estimate of drug-likeness (QED) is 0.229. The summed E-state index contributed by atoms with van der Waals surface area (Å²) < 4.78 is 41.9. The Kier molecular flexibility index (Phi) is 7.38. The third kappa shape index (κ3) is 5.31. The molecule has 2 heterocycles. The van der Waals surface area contributed by atoms with Gasteiger partial charge in [0.05, 0.1) is 26.1 Å². The molecule has 12 heteroatoms. The number of rotatable bonds is 9. The first kappa shape index (κ1) is 27.3. The highest BCUT2D eigenvalue weighted by molar-refractivity contribution is 6.07. The average Bonchev–Trinajstić information content (AvgIpc) is 3.50. The molecule has 1 aliphatic rings. The predicted octanol–water partition coefficient (Wildman–Crippen LogP) is 4.96. The fraction of sp³-hybridized carbons (Fsp3) is 0.172. The van der Waals surface area contributed by atoms with Gasteiger partial charge < -0.3 is 19.5 Å². The lowest BCUT2D eigenvalue weighted by Gasteiger charge is -2.21. The number of urea groups is 1. The van der Waals surface area contributed by atoms with E-state index in [-0.39, 0.29) is 5.75 Å². The number of benzene rings is 3. The minimum absolute atomic E-state index is 0.0721. The third-order valence-corrected chi connectivity index (χ3v) is 6.56. The van der Waals surface area contributed by atoms with Crippen molar-refractivity contribution in [2.45, 2.75) is 19.1 Å². The Morgan fingerprint density at radius 2 is 1.68 bits per heavy atom. The number of hydrazone groups is 1. The second kappa shape index (κ2) is 11.1. The molecule has 0 saturated carbocycles. The number of carbonyl (C=O) groups excluding carboxylic acids is 2. The van der Waals surface area contributed by atoms with Crippen molar-refractivity contribution in [1.82, 2.24) is 20.1 Å². The van der Waals surface area contributed by atoms with Crippen LogP contribution in [0.5, 0.6) is 17.2 Å². The number of methoxy groups -OCH3 is 2. The molecule has 1 N–H and O–H groups in total. The van der Waals surface area contributed by atoms with Crippen LogP contribution in [0.4, 0.5) is 13.6 Å². The van der Waals surface area contributed by atoms with Crippen LogP contribution in [0.25, 0.3) is 16.9 Å². The van der Waals surface area contributed by atoms with E-state index < -0.39 is 24.1 Å². The number of nitrogens with one attached hydrogen (secondary N) is 1. The summed E-state index contributed by atoms with van der Waals surface area (Å²) in [6, 6.07) is 19.4. The molecule has 4 aromatic rings. The van der Waals surface area contributed by atoms with Crippen LogP contribution in [0, 0.1) is 0 Å². The van der Waals surface area contributed by atoms with Gasteiger partial charge in [-0.3, -0.25) is 4.79 Å². The molecule has 3 amide bonds. The van der Waals surface area contributed by atoms with Crippen LogP contribution < -0.4 is 19.5 Å². The molecule has 210 valence electrons. The predicted molar refractivity (Wildman–Crippen MR) is 146 cm³/mol. The van der Waals surface area contributed by atoms with Crippen molar-refractivity contribution >= 4 is 18.2 Å². The van der Waals surface area contributed by atoms with Crippen molar-refractivity contribution in [3.8, 4) is 34.2 Å². The topological polar surface area (TPSA) is 107 Å². The minimum atomic E-state index is -2.98. The van der Waals surface area contributed by atoms with Crippen molar-refractivity contribution in [1.29, 1.82) is 0 Å². The molecule has 0 aliphatic carbocycles. The molecule has 5 rings (SSSR count). The van der Waals surface area contributed by atoms with Gasteiger partial charge in [-0.15, -0.1) is 5.01 Å². The molecule has 10 nitrogen and oxygen atoms in total. The fourth-order valence-corrected chi connectivity index (χ4v) is 4.42. The maximum Gasteiger partial charge on any atom is 0.387 e. The molecule has 0 bridgehead atoms. The van der Waals surface area contributed by atoms with Gasteiger partial charge in [0.25, 0.3) is 5.91 Å². The van der Waals surface area contributed by atoms with Gasteiger partial charge in [-0.05, 0) is 55.0 Å². The number of para-hydroxylation sites is 1.